The van der Waals surface area contributed by atoms with Gasteiger partial charge in [-0.3, -0.25) is 4.79 Å². The monoisotopic (exact) mass is 558 g/mol. The van der Waals surface area contributed by atoms with Gasteiger partial charge in [0, 0.05) is 32.7 Å². The molecule has 0 spiro atoms. The van der Waals surface area contributed by atoms with Crippen LogP contribution in [0.15, 0.2) is 47.3 Å². The van der Waals surface area contributed by atoms with Gasteiger partial charge in [-0.25, -0.2) is 4.79 Å². The maximum atomic E-state index is 12.9. The van der Waals surface area contributed by atoms with Crippen LogP contribution in [0.25, 0.3) is 10.2 Å². The summed E-state index contributed by atoms with van der Waals surface area (Å²) in [6.07, 6.45) is 0.177. The molecule has 0 aliphatic rings. The number of likely N-dealkylation sites (N-methyl/N-ethyl adjacent to an activating group) is 1. The van der Waals surface area contributed by atoms with Crippen molar-refractivity contribution >= 4 is 52.5 Å². The van der Waals surface area contributed by atoms with E-state index in [0.717, 1.165) is 53.3 Å². The van der Waals surface area contributed by atoms with Gasteiger partial charge < -0.3 is 29.9 Å². The minimum atomic E-state index is -0.369. The molecule has 1 amide bonds. The van der Waals surface area contributed by atoms with Crippen LogP contribution in [0.5, 0.6) is 5.75 Å². The molecule has 1 aromatic heterocycles. The van der Waals surface area contributed by atoms with Crippen LogP contribution in [0.2, 0.25) is 0 Å². The molecule has 200 valence electrons. The number of H-pyrrole nitrogens is 1. The number of carbonyl (C=O) groups excluding carboxylic acids is 1. The molecule has 3 N–H and O–H groups in total. The summed E-state index contributed by atoms with van der Waals surface area (Å²) in [6, 6.07) is 13.0. The maximum absolute atomic E-state index is 12.9. The van der Waals surface area contributed by atoms with E-state index >= 15 is 0 Å². The molecule has 0 aliphatic heterocycles. The van der Waals surface area contributed by atoms with Gasteiger partial charge in [0.1, 0.15) is 17.9 Å². The normalized spacial score (nSPS) is 10.6. The smallest absolute Gasteiger partial charge is 0.410 e. The lowest BCUT2D eigenvalue weighted by Crippen LogP contribution is -2.40. The van der Waals surface area contributed by atoms with Crippen LogP contribution in [-0.4, -0.2) is 71.8 Å². The van der Waals surface area contributed by atoms with E-state index in [1.165, 1.54) is 0 Å². The fraction of sp³-hybridized carbons (Fsp3) is 0.440. The largest absolute Gasteiger partial charge is 0.506 e. The molecule has 0 aliphatic carbocycles. The molecule has 0 unspecified atom stereocenters. The topological polar surface area (TPSA) is 97.9 Å². The van der Waals surface area contributed by atoms with E-state index in [2.05, 4.69) is 29.0 Å². The van der Waals surface area contributed by atoms with Crippen molar-refractivity contribution in [3.63, 3.8) is 0 Å². The van der Waals surface area contributed by atoms with Gasteiger partial charge in [-0.05, 0) is 36.7 Å². The van der Waals surface area contributed by atoms with Crippen molar-refractivity contribution in [3.8, 4) is 5.75 Å². The summed E-state index contributed by atoms with van der Waals surface area (Å²) < 4.78 is 6.30. The highest BCUT2D eigenvalue weighted by molar-refractivity contribution is 7.16. The fourth-order valence-electron chi connectivity index (χ4n) is 3.75. The lowest BCUT2D eigenvalue weighted by Gasteiger charge is -2.23. The first-order chi connectivity index (χ1) is 16.5. The van der Waals surface area contributed by atoms with Crippen molar-refractivity contribution in [2.24, 2.45) is 0 Å². The number of amides is 1. The average molecular weight is 560 g/mol. The number of hydrogen-bond acceptors (Lipinski definition) is 7. The molecule has 0 bridgehead atoms. The molecule has 0 atom stereocenters. The first-order valence-corrected chi connectivity index (χ1v) is 12.6. The quantitative estimate of drug-likeness (QED) is 0.271. The Kier molecular flexibility index (Phi) is 14.5. The van der Waals surface area contributed by atoms with Gasteiger partial charge in [-0.2, -0.15) is 0 Å². The Labute approximate surface area is 228 Å². The van der Waals surface area contributed by atoms with Crippen LogP contribution in [-0.2, 0) is 17.8 Å². The number of aromatic nitrogens is 1. The Balaban J connectivity index is 0.00000324. The van der Waals surface area contributed by atoms with E-state index in [9.17, 15) is 14.7 Å². The SMILES string of the molecule is CCN(CC)CCNCCN(CCc1ccc(O)c2[nH]c(=O)sc12)C(=O)OCc1ccccc1.Cl.Cl. The third kappa shape index (κ3) is 9.29. The summed E-state index contributed by atoms with van der Waals surface area (Å²) in [5, 5.41) is 13.4. The van der Waals surface area contributed by atoms with Crippen molar-refractivity contribution in [1.29, 1.82) is 0 Å². The molecule has 3 aromatic rings. The van der Waals surface area contributed by atoms with Crippen LogP contribution in [0.4, 0.5) is 4.79 Å². The predicted molar refractivity (Wildman–Crippen MR) is 151 cm³/mol. The minimum Gasteiger partial charge on any atom is -0.506 e. The van der Waals surface area contributed by atoms with Gasteiger partial charge in [0.05, 0.1) is 4.70 Å². The highest BCUT2D eigenvalue weighted by Gasteiger charge is 2.17. The second kappa shape index (κ2) is 16.4. The molecule has 11 heteroatoms. The number of phenols is 1. The molecule has 8 nitrogen and oxygen atoms in total. The second-order valence-electron chi connectivity index (χ2n) is 8.02. The highest BCUT2D eigenvalue weighted by Crippen LogP contribution is 2.28. The molecule has 0 radical (unpaired) electrons. The number of benzene rings is 2. The summed E-state index contributed by atoms with van der Waals surface area (Å²) in [5.74, 6) is 0.0497. The zero-order valence-electron chi connectivity index (χ0n) is 20.7. The van der Waals surface area contributed by atoms with Crippen LogP contribution in [0, 0.1) is 0 Å². The minimum absolute atomic E-state index is 0. The number of nitrogens with zero attached hydrogens (tertiary/aromatic N) is 2. The molecule has 3 rings (SSSR count). The average Bonchev–Trinajstić information content (AvgIpc) is 3.26. The van der Waals surface area contributed by atoms with Crippen molar-refractivity contribution in [2.75, 3.05) is 45.8 Å². The molecule has 0 saturated carbocycles. The maximum Gasteiger partial charge on any atom is 0.410 e. The van der Waals surface area contributed by atoms with E-state index in [-0.39, 0.29) is 48.1 Å². The van der Waals surface area contributed by atoms with Crippen molar-refractivity contribution < 1.29 is 14.6 Å². The van der Waals surface area contributed by atoms with Crippen molar-refractivity contribution in [2.45, 2.75) is 26.9 Å². The lowest BCUT2D eigenvalue weighted by atomic mass is 10.1. The number of hydrogen-bond donors (Lipinski definition) is 3. The van der Waals surface area contributed by atoms with Crippen LogP contribution >= 0.6 is 36.2 Å². The summed E-state index contributed by atoms with van der Waals surface area (Å²) in [6.45, 7) is 9.97. The number of aromatic amines is 1. The van der Waals surface area contributed by atoms with Crippen LogP contribution in [0.1, 0.15) is 25.0 Å². The summed E-state index contributed by atoms with van der Waals surface area (Å²) in [7, 11) is 0. The third-order valence-electron chi connectivity index (χ3n) is 5.81. The number of nitrogens with one attached hydrogen (secondary N) is 2. The van der Waals surface area contributed by atoms with E-state index in [4.69, 9.17) is 4.74 Å². The van der Waals surface area contributed by atoms with Gasteiger partial charge in [0.25, 0.3) is 0 Å². The number of halogens is 2. The zero-order chi connectivity index (χ0) is 24.3. The number of aromatic hydroxyl groups is 1. The molecule has 0 saturated heterocycles. The highest BCUT2D eigenvalue weighted by atomic mass is 35.5. The first kappa shape index (κ1) is 31.7. The van der Waals surface area contributed by atoms with E-state index in [0.29, 0.717) is 31.6 Å². The number of thiazole rings is 1. The number of phenolic OH excluding ortho intramolecular Hbond substituents is 1. The lowest BCUT2D eigenvalue weighted by molar-refractivity contribution is 0.0967. The predicted octanol–water partition coefficient (Wildman–Crippen LogP) is 4.25. The van der Waals surface area contributed by atoms with Gasteiger partial charge in [-0.15, -0.1) is 24.8 Å². The summed E-state index contributed by atoms with van der Waals surface area (Å²) in [5.41, 5.74) is 2.29. The van der Waals surface area contributed by atoms with E-state index < -0.39 is 0 Å². The van der Waals surface area contributed by atoms with E-state index in [1.54, 1.807) is 17.0 Å². The van der Waals surface area contributed by atoms with Gasteiger partial charge >= 0.3 is 11.0 Å². The first-order valence-electron chi connectivity index (χ1n) is 11.7. The molecular formula is C25H36Cl2N4O4S. The Bertz CT molecular complexity index is 1110. The fourth-order valence-corrected chi connectivity index (χ4v) is 4.64. The Hall–Kier alpha value is -2.30. The number of rotatable bonds is 13. The second-order valence-corrected chi connectivity index (χ2v) is 9.00. The van der Waals surface area contributed by atoms with Crippen LogP contribution < -0.4 is 10.2 Å². The molecule has 36 heavy (non-hydrogen) atoms. The molecular weight excluding hydrogens is 523 g/mol. The molecule has 1 heterocycles. The van der Waals surface area contributed by atoms with Crippen molar-refractivity contribution in [3.05, 3.63) is 63.3 Å². The summed E-state index contributed by atoms with van der Waals surface area (Å²) in [4.78, 5) is 31.2. The Morgan fingerprint density at radius 2 is 1.72 bits per heavy atom. The molecule has 0 fully saturated rings. The van der Waals surface area contributed by atoms with Crippen molar-refractivity contribution in [1.82, 2.24) is 20.1 Å². The number of fused-ring (bicyclic) bond motifs is 1. The number of ether oxygens (including phenoxy) is 1. The van der Waals surface area contributed by atoms with E-state index in [1.807, 2.05) is 30.3 Å². The number of carbonyl (C=O) groups is 1. The standard InChI is InChI=1S/C25H34N4O4S.2ClH/c1-3-28(4-2)16-13-26-14-17-29(25(32)33-18-19-8-6-5-7-9-19)15-12-20-10-11-21(30)22-23(20)34-24(31)27-22;;/h5-11,26,30H,3-4,12-18H2,1-2H3,(H,27,31);2*1H. The van der Waals surface area contributed by atoms with Gasteiger partial charge in [-0.1, -0.05) is 61.6 Å². The Morgan fingerprint density at radius 3 is 2.42 bits per heavy atom. The third-order valence-corrected chi connectivity index (χ3v) is 6.77. The van der Waals surface area contributed by atoms with Gasteiger partial charge in [0.15, 0.2) is 0 Å². The zero-order valence-corrected chi connectivity index (χ0v) is 23.1. The van der Waals surface area contributed by atoms with Gasteiger partial charge in [0.2, 0.25) is 0 Å². The molecule has 2 aromatic carbocycles. The Morgan fingerprint density at radius 1 is 1.03 bits per heavy atom. The van der Waals surface area contributed by atoms with Crippen LogP contribution in [0.3, 0.4) is 0 Å². The summed E-state index contributed by atoms with van der Waals surface area (Å²) >= 11 is 1.07.